The summed E-state index contributed by atoms with van der Waals surface area (Å²) >= 11 is 0. The number of carbonyl (C=O) groups excluding carboxylic acids is 1. The van der Waals surface area contributed by atoms with Gasteiger partial charge < -0.3 is 15.9 Å². The van der Waals surface area contributed by atoms with Crippen molar-refractivity contribution in [1.82, 2.24) is 0 Å². The highest BCUT2D eigenvalue weighted by Crippen LogP contribution is 2.30. The van der Waals surface area contributed by atoms with Crippen LogP contribution in [0.2, 0.25) is 0 Å². The molecule has 0 aliphatic heterocycles. The fourth-order valence-electron chi connectivity index (χ4n) is 0.736. The molecule has 1 aromatic rings. The van der Waals surface area contributed by atoms with Gasteiger partial charge in [-0.3, -0.25) is 4.79 Å². The van der Waals surface area contributed by atoms with Gasteiger partial charge in [-0.05, 0) is 12.1 Å². The quantitative estimate of drug-likeness (QED) is 0.237. The summed E-state index contributed by atoms with van der Waals surface area (Å²) in [6, 6.07) is 2.57. The number of phenols is 2. The van der Waals surface area contributed by atoms with Crippen molar-refractivity contribution in [3.05, 3.63) is 17.7 Å². The topological polar surface area (TPSA) is 83.6 Å². The first-order chi connectivity index (χ1) is 5.16. The normalized spacial score (nSPS) is 9.45. The maximum absolute atomic E-state index is 10.2. The summed E-state index contributed by atoms with van der Waals surface area (Å²) in [6.45, 7) is 0. The van der Waals surface area contributed by atoms with Gasteiger partial charge >= 0.3 is 0 Å². The van der Waals surface area contributed by atoms with Crippen LogP contribution in [0.1, 0.15) is 10.4 Å². The molecule has 0 unspecified atom stereocenters. The zero-order valence-electron chi connectivity index (χ0n) is 5.61. The van der Waals surface area contributed by atoms with Crippen molar-refractivity contribution >= 4 is 12.0 Å². The number of phenolic OH excluding ortho intramolecular Hbond substituents is 2. The summed E-state index contributed by atoms with van der Waals surface area (Å²) < 4.78 is 0. The van der Waals surface area contributed by atoms with E-state index in [0.717, 1.165) is 0 Å². The Labute approximate surface area is 62.9 Å². The highest BCUT2D eigenvalue weighted by Gasteiger charge is 2.07. The zero-order valence-corrected chi connectivity index (χ0v) is 5.61. The number of aromatic hydroxyl groups is 2. The van der Waals surface area contributed by atoms with Gasteiger partial charge in [0.15, 0.2) is 17.8 Å². The van der Waals surface area contributed by atoms with Gasteiger partial charge in [-0.2, -0.15) is 0 Å². The second-order valence-electron chi connectivity index (χ2n) is 2.05. The molecule has 0 bridgehead atoms. The SMILES string of the molecule is Nc1ccc(O)c(O)c1C=O. The van der Waals surface area contributed by atoms with E-state index >= 15 is 0 Å². The number of nitrogens with two attached hydrogens (primary N) is 1. The lowest BCUT2D eigenvalue weighted by molar-refractivity contribution is 0.112. The van der Waals surface area contributed by atoms with Crippen molar-refractivity contribution in [3.8, 4) is 11.5 Å². The Kier molecular flexibility index (Phi) is 1.68. The van der Waals surface area contributed by atoms with Gasteiger partial charge in [0.25, 0.3) is 0 Å². The van der Waals surface area contributed by atoms with Crippen LogP contribution in [0.25, 0.3) is 0 Å². The van der Waals surface area contributed by atoms with Crippen LogP contribution in [-0.2, 0) is 0 Å². The minimum Gasteiger partial charge on any atom is -0.504 e. The molecular weight excluding hydrogens is 146 g/mol. The summed E-state index contributed by atoms with van der Waals surface area (Å²) in [6.07, 6.45) is 0.393. The molecule has 1 rings (SSSR count). The molecule has 0 amide bonds. The van der Waals surface area contributed by atoms with E-state index in [1.165, 1.54) is 12.1 Å². The predicted molar refractivity (Wildman–Crippen MR) is 39.6 cm³/mol. The summed E-state index contributed by atoms with van der Waals surface area (Å²) in [5.74, 6) is -0.818. The van der Waals surface area contributed by atoms with Crippen LogP contribution in [0, 0.1) is 0 Å². The van der Waals surface area contributed by atoms with E-state index < -0.39 is 5.75 Å². The summed E-state index contributed by atoms with van der Waals surface area (Å²) in [7, 11) is 0. The Morgan fingerprint density at radius 1 is 1.36 bits per heavy atom. The smallest absolute Gasteiger partial charge is 0.170 e. The second-order valence-corrected chi connectivity index (χ2v) is 2.05. The number of benzene rings is 1. The molecule has 58 valence electrons. The molecule has 0 spiro atoms. The van der Waals surface area contributed by atoms with Gasteiger partial charge in [0, 0.05) is 5.69 Å². The zero-order chi connectivity index (χ0) is 8.43. The minimum absolute atomic E-state index is 0.0787. The summed E-state index contributed by atoms with van der Waals surface area (Å²) in [5.41, 5.74) is 5.37. The molecule has 0 radical (unpaired) electrons. The number of hydrogen-bond acceptors (Lipinski definition) is 4. The van der Waals surface area contributed by atoms with E-state index in [4.69, 9.17) is 15.9 Å². The van der Waals surface area contributed by atoms with Crippen LogP contribution in [0.4, 0.5) is 5.69 Å². The van der Waals surface area contributed by atoms with Gasteiger partial charge in [0.05, 0.1) is 5.56 Å². The highest BCUT2D eigenvalue weighted by atomic mass is 16.3. The molecule has 4 N–H and O–H groups in total. The van der Waals surface area contributed by atoms with Crippen molar-refractivity contribution in [1.29, 1.82) is 0 Å². The molecule has 0 aliphatic carbocycles. The molecule has 0 saturated carbocycles. The molecule has 11 heavy (non-hydrogen) atoms. The number of anilines is 1. The van der Waals surface area contributed by atoms with Crippen LogP contribution >= 0.6 is 0 Å². The first-order valence-corrected chi connectivity index (χ1v) is 2.92. The number of rotatable bonds is 1. The Bertz CT molecular complexity index is 296. The van der Waals surface area contributed by atoms with Crippen molar-refractivity contribution in [2.24, 2.45) is 0 Å². The molecule has 4 nitrogen and oxygen atoms in total. The number of aldehydes is 1. The Morgan fingerprint density at radius 2 is 2.00 bits per heavy atom. The van der Waals surface area contributed by atoms with E-state index in [-0.39, 0.29) is 17.0 Å². The maximum Gasteiger partial charge on any atom is 0.170 e. The predicted octanol–water partition coefficient (Wildman–Crippen LogP) is 0.492. The second kappa shape index (κ2) is 2.49. The van der Waals surface area contributed by atoms with Gasteiger partial charge in [0.1, 0.15) is 0 Å². The van der Waals surface area contributed by atoms with Crippen LogP contribution in [0.5, 0.6) is 11.5 Å². The highest BCUT2D eigenvalue weighted by molar-refractivity contribution is 5.88. The molecule has 0 aliphatic rings. The van der Waals surface area contributed by atoms with Crippen LogP contribution in [-0.4, -0.2) is 16.5 Å². The first-order valence-electron chi connectivity index (χ1n) is 2.92. The fraction of sp³-hybridized carbons (Fsp3) is 0. The molecule has 0 atom stereocenters. The Morgan fingerprint density at radius 3 is 2.45 bits per heavy atom. The Hall–Kier alpha value is -1.71. The van der Waals surface area contributed by atoms with Crippen LogP contribution in [0.3, 0.4) is 0 Å². The first kappa shape index (κ1) is 7.40. The summed E-state index contributed by atoms with van der Waals surface area (Å²) in [4.78, 5) is 10.2. The standard InChI is InChI=1S/C7H7NO3/c8-5-1-2-6(10)7(11)4(5)3-9/h1-3,10-11H,8H2. The molecular formula is C7H7NO3. The number of carbonyl (C=O) groups is 1. The average molecular weight is 153 g/mol. The molecule has 0 saturated heterocycles. The van der Waals surface area contributed by atoms with E-state index in [1.807, 2.05) is 0 Å². The average Bonchev–Trinajstić information content (AvgIpc) is 1.99. The third-order valence-electron chi connectivity index (χ3n) is 1.35. The van der Waals surface area contributed by atoms with Gasteiger partial charge in [-0.1, -0.05) is 0 Å². The third kappa shape index (κ3) is 1.10. The third-order valence-corrected chi connectivity index (χ3v) is 1.35. The van der Waals surface area contributed by atoms with E-state index in [0.29, 0.717) is 6.29 Å². The lowest BCUT2D eigenvalue weighted by atomic mass is 10.1. The van der Waals surface area contributed by atoms with E-state index in [9.17, 15) is 4.79 Å². The van der Waals surface area contributed by atoms with Crippen molar-refractivity contribution in [2.75, 3.05) is 5.73 Å². The van der Waals surface area contributed by atoms with E-state index in [1.54, 1.807) is 0 Å². The monoisotopic (exact) mass is 153 g/mol. The Balaban J connectivity index is 3.40. The number of nitrogen functional groups attached to an aromatic ring is 1. The van der Waals surface area contributed by atoms with Crippen LogP contribution < -0.4 is 5.73 Å². The van der Waals surface area contributed by atoms with Gasteiger partial charge in [-0.25, -0.2) is 0 Å². The van der Waals surface area contributed by atoms with Crippen molar-refractivity contribution in [2.45, 2.75) is 0 Å². The van der Waals surface area contributed by atoms with Crippen molar-refractivity contribution in [3.63, 3.8) is 0 Å². The molecule has 4 heteroatoms. The summed E-state index contributed by atoms with van der Waals surface area (Å²) in [5, 5.41) is 17.9. The maximum atomic E-state index is 10.2. The fourth-order valence-corrected chi connectivity index (χ4v) is 0.736. The molecule has 0 fully saturated rings. The lowest BCUT2D eigenvalue weighted by Gasteiger charge is -2.02. The van der Waals surface area contributed by atoms with E-state index in [2.05, 4.69) is 0 Å². The number of hydrogen-bond donors (Lipinski definition) is 3. The van der Waals surface area contributed by atoms with Gasteiger partial charge in [-0.15, -0.1) is 0 Å². The minimum atomic E-state index is -0.472. The largest absolute Gasteiger partial charge is 0.504 e. The molecule has 0 heterocycles. The lowest BCUT2D eigenvalue weighted by Crippen LogP contribution is -1.92. The van der Waals surface area contributed by atoms with Crippen LogP contribution in [0.15, 0.2) is 12.1 Å². The van der Waals surface area contributed by atoms with Crippen molar-refractivity contribution < 1.29 is 15.0 Å². The van der Waals surface area contributed by atoms with Gasteiger partial charge in [0.2, 0.25) is 0 Å². The molecule has 0 aromatic heterocycles. The molecule has 1 aromatic carbocycles.